The molecule has 1 heteroatoms. The van der Waals surface area contributed by atoms with Crippen molar-refractivity contribution < 1.29 is 0 Å². The van der Waals surface area contributed by atoms with Gasteiger partial charge < -0.3 is 4.90 Å². The third-order valence-corrected chi connectivity index (χ3v) is 2.46. The molecule has 0 bridgehead atoms. The van der Waals surface area contributed by atoms with Crippen LogP contribution in [-0.4, -0.2) is 18.0 Å². The van der Waals surface area contributed by atoms with Crippen LogP contribution in [0.5, 0.6) is 0 Å². The standard InChI is InChI=1S/C14H19N/c1-4-13-7-9-14(10-8-13)11-12-15(5-2)6-3/h4,7-12H,1,5-6H2,2-3H3. The number of hydrogen-bond acceptors (Lipinski definition) is 1. The molecule has 15 heavy (non-hydrogen) atoms. The molecule has 0 unspecified atom stereocenters. The van der Waals surface area contributed by atoms with E-state index in [1.54, 1.807) is 0 Å². The smallest absolute Gasteiger partial charge is 0.0143 e. The molecule has 0 aliphatic heterocycles. The van der Waals surface area contributed by atoms with Gasteiger partial charge in [0.15, 0.2) is 0 Å². The summed E-state index contributed by atoms with van der Waals surface area (Å²) in [6.45, 7) is 10.2. The lowest BCUT2D eigenvalue weighted by atomic mass is 10.1. The Morgan fingerprint density at radius 3 is 2.07 bits per heavy atom. The van der Waals surface area contributed by atoms with E-state index in [2.05, 4.69) is 61.9 Å². The molecule has 0 aliphatic carbocycles. The maximum absolute atomic E-state index is 3.74. The number of benzene rings is 1. The van der Waals surface area contributed by atoms with E-state index in [4.69, 9.17) is 0 Å². The summed E-state index contributed by atoms with van der Waals surface area (Å²) in [4.78, 5) is 2.27. The summed E-state index contributed by atoms with van der Waals surface area (Å²) in [5.41, 5.74) is 2.39. The molecule has 0 atom stereocenters. The Hall–Kier alpha value is -1.50. The van der Waals surface area contributed by atoms with Crippen molar-refractivity contribution in [3.63, 3.8) is 0 Å². The summed E-state index contributed by atoms with van der Waals surface area (Å²) >= 11 is 0. The van der Waals surface area contributed by atoms with Gasteiger partial charge >= 0.3 is 0 Å². The fourth-order valence-corrected chi connectivity index (χ4v) is 1.37. The summed E-state index contributed by atoms with van der Waals surface area (Å²) in [6.07, 6.45) is 6.14. The zero-order valence-corrected chi connectivity index (χ0v) is 9.61. The molecule has 80 valence electrons. The van der Waals surface area contributed by atoms with E-state index in [1.165, 1.54) is 5.56 Å². The SMILES string of the molecule is C=Cc1ccc(C=CN(CC)CC)cc1. The van der Waals surface area contributed by atoms with Gasteiger partial charge in [0.2, 0.25) is 0 Å². The lowest BCUT2D eigenvalue weighted by Gasteiger charge is -2.14. The third kappa shape index (κ3) is 3.62. The second kappa shape index (κ2) is 6.07. The maximum Gasteiger partial charge on any atom is 0.0143 e. The molecule has 1 rings (SSSR count). The summed E-state index contributed by atoms with van der Waals surface area (Å²) in [6, 6.07) is 8.37. The molecule has 0 aliphatic rings. The molecule has 0 amide bonds. The fourth-order valence-electron chi connectivity index (χ4n) is 1.37. The normalized spacial score (nSPS) is 10.5. The molecule has 0 N–H and O–H groups in total. The van der Waals surface area contributed by atoms with Crippen molar-refractivity contribution >= 4 is 12.2 Å². The van der Waals surface area contributed by atoms with E-state index < -0.39 is 0 Å². The van der Waals surface area contributed by atoms with Crippen molar-refractivity contribution in [3.8, 4) is 0 Å². The van der Waals surface area contributed by atoms with Crippen LogP contribution in [0.1, 0.15) is 25.0 Å². The van der Waals surface area contributed by atoms with Gasteiger partial charge in [-0.25, -0.2) is 0 Å². The fraction of sp³-hybridized carbons (Fsp3) is 0.286. The summed E-state index contributed by atoms with van der Waals surface area (Å²) in [5, 5.41) is 0. The van der Waals surface area contributed by atoms with Gasteiger partial charge in [-0.1, -0.05) is 36.9 Å². The highest BCUT2D eigenvalue weighted by Gasteiger charge is 1.91. The van der Waals surface area contributed by atoms with Gasteiger partial charge in [0.1, 0.15) is 0 Å². The van der Waals surface area contributed by atoms with Crippen LogP contribution in [0, 0.1) is 0 Å². The molecule has 0 saturated heterocycles. The predicted octanol–water partition coefficient (Wildman–Crippen LogP) is 3.64. The predicted molar refractivity (Wildman–Crippen MR) is 68.5 cm³/mol. The molecule has 0 radical (unpaired) electrons. The van der Waals surface area contributed by atoms with Crippen LogP contribution in [0.25, 0.3) is 12.2 Å². The average Bonchev–Trinajstić information content (AvgIpc) is 2.31. The van der Waals surface area contributed by atoms with Crippen LogP contribution in [0.3, 0.4) is 0 Å². The summed E-state index contributed by atoms with van der Waals surface area (Å²) in [5.74, 6) is 0. The first-order valence-corrected chi connectivity index (χ1v) is 5.45. The highest BCUT2D eigenvalue weighted by molar-refractivity contribution is 5.54. The minimum absolute atomic E-state index is 1.05. The van der Waals surface area contributed by atoms with Gasteiger partial charge in [0.05, 0.1) is 0 Å². The molecular weight excluding hydrogens is 182 g/mol. The molecular formula is C14H19N. The minimum atomic E-state index is 1.05. The van der Waals surface area contributed by atoms with Crippen LogP contribution in [0.4, 0.5) is 0 Å². The lowest BCUT2D eigenvalue weighted by Crippen LogP contribution is -2.14. The number of hydrogen-bond donors (Lipinski definition) is 0. The first-order valence-electron chi connectivity index (χ1n) is 5.45. The third-order valence-electron chi connectivity index (χ3n) is 2.46. The van der Waals surface area contributed by atoms with Crippen LogP contribution < -0.4 is 0 Å². The largest absolute Gasteiger partial charge is 0.378 e. The summed E-state index contributed by atoms with van der Waals surface area (Å²) < 4.78 is 0. The number of rotatable bonds is 5. The van der Waals surface area contributed by atoms with Gasteiger partial charge in [-0.15, -0.1) is 0 Å². The topological polar surface area (TPSA) is 3.24 Å². The van der Waals surface area contributed by atoms with Crippen molar-refractivity contribution in [2.24, 2.45) is 0 Å². The second-order valence-electron chi connectivity index (χ2n) is 3.41. The molecule has 0 aromatic heterocycles. The first kappa shape index (κ1) is 11.6. The first-order chi connectivity index (χ1) is 7.30. The average molecular weight is 201 g/mol. The van der Waals surface area contributed by atoms with Crippen molar-refractivity contribution in [2.45, 2.75) is 13.8 Å². The van der Waals surface area contributed by atoms with E-state index in [9.17, 15) is 0 Å². The highest BCUT2D eigenvalue weighted by atomic mass is 15.1. The second-order valence-corrected chi connectivity index (χ2v) is 3.41. The zero-order chi connectivity index (χ0) is 11.1. The van der Waals surface area contributed by atoms with E-state index in [-0.39, 0.29) is 0 Å². The van der Waals surface area contributed by atoms with E-state index in [0.717, 1.165) is 18.7 Å². The molecule has 1 aromatic rings. The number of nitrogens with zero attached hydrogens (tertiary/aromatic N) is 1. The Balaban J connectivity index is 2.67. The molecule has 1 nitrogen and oxygen atoms in total. The van der Waals surface area contributed by atoms with Crippen LogP contribution >= 0.6 is 0 Å². The van der Waals surface area contributed by atoms with Gasteiger partial charge in [-0.3, -0.25) is 0 Å². The van der Waals surface area contributed by atoms with Crippen LogP contribution in [0.2, 0.25) is 0 Å². The highest BCUT2D eigenvalue weighted by Crippen LogP contribution is 2.07. The summed E-state index contributed by atoms with van der Waals surface area (Å²) in [7, 11) is 0. The van der Waals surface area contributed by atoms with Crippen LogP contribution in [-0.2, 0) is 0 Å². The molecule has 0 heterocycles. The minimum Gasteiger partial charge on any atom is -0.378 e. The van der Waals surface area contributed by atoms with Crippen LogP contribution in [0.15, 0.2) is 37.0 Å². The molecule has 0 fully saturated rings. The van der Waals surface area contributed by atoms with Gasteiger partial charge in [0, 0.05) is 13.1 Å². The Labute approximate surface area is 92.7 Å². The maximum atomic E-state index is 3.74. The van der Waals surface area contributed by atoms with Crippen molar-refractivity contribution in [2.75, 3.05) is 13.1 Å². The Morgan fingerprint density at radius 2 is 1.60 bits per heavy atom. The Morgan fingerprint density at radius 1 is 1.07 bits per heavy atom. The quantitative estimate of drug-likeness (QED) is 0.703. The van der Waals surface area contributed by atoms with Gasteiger partial charge in [0.25, 0.3) is 0 Å². The molecule has 0 saturated carbocycles. The van der Waals surface area contributed by atoms with Crippen molar-refractivity contribution in [3.05, 3.63) is 48.2 Å². The van der Waals surface area contributed by atoms with Crippen molar-refractivity contribution in [1.29, 1.82) is 0 Å². The Bertz CT molecular complexity index is 318. The molecule has 1 aromatic carbocycles. The monoisotopic (exact) mass is 201 g/mol. The van der Waals surface area contributed by atoms with Crippen molar-refractivity contribution in [1.82, 2.24) is 4.90 Å². The lowest BCUT2D eigenvalue weighted by molar-refractivity contribution is 0.421. The van der Waals surface area contributed by atoms with Gasteiger partial charge in [-0.2, -0.15) is 0 Å². The van der Waals surface area contributed by atoms with E-state index in [0.29, 0.717) is 0 Å². The Kier molecular flexibility index (Phi) is 4.69. The molecule has 0 spiro atoms. The zero-order valence-electron chi connectivity index (χ0n) is 9.61. The van der Waals surface area contributed by atoms with E-state index >= 15 is 0 Å². The van der Waals surface area contributed by atoms with E-state index in [1.807, 2.05) is 6.08 Å². The van der Waals surface area contributed by atoms with Gasteiger partial charge in [-0.05, 0) is 37.3 Å².